The van der Waals surface area contributed by atoms with Gasteiger partial charge in [0.2, 0.25) is 0 Å². The van der Waals surface area contributed by atoms with Gasteiger partial charge in [-0.1, -0.05) is 71.4 Å². The molecule has 162 valence electrons. The molecular formula is C26H30N2O2S. The molecule has 0 aliphatic heterocycles. The van der Waals surface area contributed by atoms with Crippen molar-refractivity contribution in [3.05, 3.63) is 94.5 Å². The number of rotatable bonds is 7. The molecule has 0 bridgehead atoms. The molecule has 0 aliphatic rings. The van der Waals surface area contributed by atoms with Crippen LogP contribution in [-0.2, 0) is 13.1 Å². The molecule has 0 heterocycles. The van der Waals surface area contributed by atoms with Crippen LogP contribution in [0.25, 0.3) is 0 Å². The second-order valence-corrected chi connectivity index (χ2v) is 8.78. The quantitative estimate of drug-likeness (QED) is 0.294. The molecule has 3 aromatic carbocycles. The van der Waals surface area contributed by atoms with E-state index in [0.29, 0.717) is 19.6 Å². The van der Waals surface area contributed by atoms with Crippen LogP contribution in [0, 0.1) is 20.8 Å². The van der Waals surface area contributed by atoms with Crippen LogP contribution in [0.3, 0.4) is 0 Å². The Bertz CT molecular complexity index is 1050. The second kappa shape index (κ2) is 11.0. The maximum Gasteiger partial charge on any atom is 0.164 e. The summed E-state index contributed by atoms with van der Waals surface area (Å²) in [7, 11) is 0. The molecule has 0 saturated heterocycles. The van der Waals surface area contributed by atoms with E-state index in [1.54, 1.807) is 23.9 Å². The maximum atomic E-state index is 9.87. The Balaban J connectivity index is 1.93. The highest BCUT2D eigenvalue weighted by molar-refractivity contribution is 8.13. The molecule has 0 unspecified atom stereocenters. The summed E-state index contributed by atoms with van der Waals surface area (Å²) < 4.78 is 0. The first kappa shape index (κ1) is 22.9. The molecule has 3 rings (SSSR count). The number of nitrogens with zero attached hydrogens (tertiary/aromatic N) is 2. The Kier molecular flexibility index (Phi) is 8.15. The first-order valence-corrected chi connectivity index (χ1v) is 11.2. The predicted molar refractivity (Wildman–Crippen MR) is 130 cm³/mol. The van der Waals surface area contributed by atoms with Gasteiger partial charge in [-0.15, -0.1) is 0 Å². The number of hydrogen-bond donors (Lipinski definition) is 2. The molecule has 31 heavy (non-hydrogen) atoms. The third-order valence-corrected chi connectivity index (χ3v) is 6.18. The molecule has 0 saturated carbocycles. The number of benzene rings is 3. The normalized spacial score (nSPS) is 11.5. The van der Waals surface area contributed by atoms with Gasteiger partial charge in [0.1, 0.15) is 5.75 Å². The van der Waals surface area contributed by atoms with Crippen LogP contribution in [0.15, 0.2) is 76.6 Å². The van der Waals surface area contributed by atoms with Gasteiger partial charge in [0.05, 0.1) is 13.2 Å². The highest BCUT2D eigenvalue weighted by Gasteiger charge is 2.15. The monoisotopic (exact) mass is 434 g/mol. The van der Waals surface area contributed by atoms with E-state index in [4.69, 9.17) is 4.99 Å². The number of aliphatic imine (C=N–C) groups is 1. The molecular weight excluding hydrogens is 404 g/mol. The van der Waals surface area contributed by atoms with E-state index in [1.165, 1.54) is 16.7 Å². The van der Waals surface area contributed by atoms with Gasteiger partial charge >= 0.3 is 0 Å². The number of aliphatic hydroxyl groups excluding tert-OH is 1. The van der Waals surface area contributed by atoms with Crippen LogP contribution in [0.4, 0.5) is 0 Å². The second-order valence-electron chi connectivity index (χ2n) is 7.77. The molecule has 0 aromatic heterocycles. The molecule has 0 aliphatic carbocycles. The van der Waals surface area contributed by atoms with E-state index in [2.05, 4.69) is 68.1 Å². The fourth-order valence-corrected chi connectivity index (χ4v) is 4.38. The summed E-state index contributed by atoms with van der Waals surface area (Å²) in [4.78, 5) is 8.19. The third kappa shape index (κ3) is 6.88. The maximum absolute atomic E-state index is 9.87. The summed E-state index contributed by atoms with van der Waals surface area (Å²) in [5.41, 5.74) is 5.77. The topological polar surface area (TPSA) is 56.1 Å². The lowest BCUT2D eigenvalue weighted by molar-refractivity contribution is 0.248. The molecule has 4 nitrogen and oxygen atoms in total. The molecule has 2 N–H and O–H groups in total. The summed E-state index contributed by atoms with van der Waals surface area (Å²) >= 11 is 1.62. The van der Waals surface area contributed by atoms with Gasteiger partial charge < -0.3 is 15.1 Å². The van der Waals surface area contributed by atoms with Crippen LogP contribution < -0.4 is 0 Å². The molecule has 0 atom stereocenters. The standard InChI is InChI=1S/C26H30N2O2S/c1-19-6-4-7-22(15-19)17-27-26(31-25-11-10-20(2)14-21(25)3)28(12-13-29)18-23-8-5-9-24(30)16-23/h4-11,14-16,29-30H,12-13,17-18H2,1-3H3. The lowest BCUT2D eigenvalue weighted by Gasteiger charge is -2.26. The van der Waals surface area contributed by atoms with Gasteiger partial charge in [0, 0.05) is 18.0 Å². The van der Waals surface area contributed by atoms with Crippen molar-refractivity contribution in [2.45, 2.75) is 38.8 Å². The van der Waals surface area contributed by atoms with Crippen molar-refractivity contribution >= 4 is 16.9 Å². The van der Waals surface area contributed by atoms with E-state index in [0.717, 1.165) is 21.2 Å². The van der Waals surface area contributed by atoms with Crippen molar-refractivity contribution in [2.24, 2.45) is 4.99 Å². The zero-order valence-corrected chi connectivity index (χ0v) is 19.2. The van der Waals surface area contributed by atoms with Gasteiger partial charge in [0.25, 0.3) is 0 Å². The van der Waals surface area contributed by atoms with Gasteiger partial charge in [-0.05, 0) is 55.7 Å². The number of phenols is 1. The number of amidine groups is 1. The number of aromatic hydroxyl groups is 1. The number of phenolic OH excluding ortho intramolecular Hbond substituents is 1. The summed E-state index contributed by atoms with van der Waals surface area (Å²) in [6.45, 7) is 7.89. The van der Waals surface area contributed by atoms with E-state index in [9.17, 15) is 10.2 Å². The lowest BCUT2D eigenvalue weighted by atomic mass is 10.1. The molecule has 0 radical (unpaired) electrons. The number of thioether (sulfide) groups is 1. The number of aryl methyl sites for hydroxylation is 3. The molecule has 0 amide bonds. The van der Waals surface area contributed by atoms with Gasteiger partial charge in [-0.2, -0.15) is 0 Å². The summed E-state index contributed by atoms with van der Waals surface area (Å²) in [5, 5.41) is 20.5. The highest BCUT2D eigenvalue weighted by atomic mass is 32.2. The van der Waals surface area contributed by atoms with E-state index >= 15 is 0 Å². The summed E-state index contributed by atoms with van der Waals surface area (Å²) in [6.07, 6.45) is 0. The average molecular weight is 435 g/mol. The highest BCUT2D eigenvalue weighted by Crippen LogP contribution is 2.27. The van der Waals surface area contributed by atoms with Gasteiger partial charge in [-0.3, -0.25) is 4.99 Å². The summed E-state index contributed by atoms with van der Waals surface area (Å²) in [6, 6.07) is 22.0. The van der Waals surface area contributed by atoms with E-state index in [1.807, 2.05) is 12.1 Å². The average Bonchev–Trinajstić information content (AvgIpc) is 2.72. The van der Waals surface area contributed by atoms with E-state index in [-0.39, 0.29) is 12.4 Å². The third-order valence-electron chi connectivity index (χ3n) is 4.94. The number of hydrogen-bond acceptors (Lipinski definition) is 4. The Labute approximate surface area is 189 Å². The van der Waals surface area contributed by atoms with Crippen LogP contribution in [0.2, 0.25) is 0 Å². The molecule has 0 spiro atoms. The van der Waals surface area contributed by atoms with Crippen LogP contribution in [0.1, 0.15) is 27.8 Å². The Morgan fingerprint density at radius 1 is 0.903 bits per heavy atom. The van der Waals surface area contributed by atoms with E-state index < -0.39 is 0 Å². The fraction of sp³-hybridized carbons (Fsp3) is 0.269. The minimum atomic E-state index is 0.0235. The summed E-state index contributed by atoms with van der Waals surface area (Å²) in [5.74, 6) is 0.238. The Morgan fingerprint density at radius 2 is 1.65 bits per heavy atom. The minimum absolute atomic E-state index is 0.0235. The predicted octanol–water partition coefficient (Wildman–Crippen LogP) is 5.46. The SMILES string of the molecule is Cc1cccc(CN=C(Sc2ccc(C)cc2C)N(CCO)Cc2cccc(O)c2)c1. The fourth-order valence-electron chi connectivity index (χ4n) is 3.42. The molecule has 0 fully saturated rings. The zero-order valence-electron chi connectivity index (χ0n) is 18.4. The van der Waals surface area contributed by atoms with Crippen molar-refractivity contribution in [3.8, 4) is 5.75 Å². The van der Waals surface area contributed by atoms with Gasteiger partial charge in [-0.25, -0.2) is 0 Å². The van der Waals surface area contributed by atoms with Crippen LogP contribution >= 0.6 is 11.8 Å². The van der Waals surface area contributed by atoms with Crippen LogP contribution in [-0.4, -0.2) is 33.4 Å². The van der Waals surface area contributed by atoms with Crippen molar-refractivity contribution in [1.29, 1.82) is 0 Å². The minimum Gasteiger partial charge on any atom is -0.508 e. The zero-order chi connectivity index (χ0) is 22.2. The van der Waals surface area contributed by atoms with Crippen molar-refractivity contribution in [1.82, 2.24) is 4.90 Å². The van der Waals surface area contributed by atoms with Crippen molar-refractivity contribution < 1.29 is 10.2 Å². The molecule has 5 heteroatoms. The van der Waals surface area contributed by atoms with Crippen molar-refractivity contribution in [2.75, 3.05) is 13.2 Å². The first-order valence-electron chi connectivity index (χ1n) is 10.4. The number of aliphatic hydroxyl groups is 1. The first-order chi connectivity index (χ1) is 14.9. The van der Waals surface area contributed by atoms with Gasteiger partial charge in [0.15, 0.2) is 5.17 Å². The lowest BCUT2D eigenvalue weighted by Crippen LogP contribution is -2.31. The largest absolute Gasteiger partial charge is 0.508 e. The Morgan fingerprint density at radius 3 is 2.35 bits per heavy atom. The van der Waals surface area contributed by atoms with Crippen molar-refractivity contribution in [3.63, 3.8) is 0 Å². The Hall–Kier alpha value is -2.76. The smallest absolute Gasteiger partial charge is 0.164 e. The molecule has 3 aromatic rings. The van der Waals surface area contributed by atoms with Crippen LogP contribution in [0.5, 0.6) is 5.75 Å².